The van der Waals surface area contributed by atoms with E-state index in [0.717, 1.165) is 31.6 Å². The van der Waals surface area contributed by atoms with Crippen molar-refractivity contribution in [2.45, 2.75) is 25.3 Å². The smallest absolute Gasteiger partial charge is 0.223 e. The van der Waals surface area contributed by atoms with Crippen LogP contribution in [-0.2, 0) is 0 Å². The van der Waals surface area contributed by atoms with Crippen molar-refractivity contribution in [2.24, 2.45) is 0 Å². The summed E-state index contributed by atoms with van der Waals surface area (Å²) in [5.74, 6) is 1.75. The fraction of sp³-hybridized carbons (Fsp3) is 0.636. The first-order valence-electron chi connectivity index (χ1n) is 5.94. The quantitative estimate of drug-likeness (QED) is 0.707. The van der Waals surface area contributed by atoms with Gasteiger partial charge in [0, 0.05) is 19.7 Å². The van der Waals surface area contributed by atoms with Crippen molar-refractivity contribution in [3.63, 3.8) is 0 Å². The lowest BCUT2D eigenvalue weighted by Crippen LogP contribution is -2.42. The minimum atomic E-state index is 0.141. The highest BCUT2D eigenvalue weighted by atomic mass is 16.3. The number of nitrogen functional groups attached to an aromatic ring is 1. The van der Waals surface area contributed by atoms with Crippen LogP contribution in [0.1, 0.15) is 19.3 Å². The molecule has 0 aliphatic carbocycles. The van der Waals surface area contributed by atoms with Crippen LogP contribution in [0.5, 0.6) is 0 Å². The van der Waals surface area contributed by atoms with Crippen LogP contribution >= 0.6 is 0 Å². The highest BCUT2D eigenvalue weighted by Gasteiger charge is 2.23. The number of aliphatic hydroxyl groups is 1. The van der Waals surface area contributed by atoms with E-state index < -0.39 is 0 Å². The average Bonchev–Trinajstić information content (AvgIpc) is 2.37. The summed E-state index contributed by atoms with van der Waals surface area (Å²) in [5.41, 5.74) is 5.68. The van der Waals surface area contributed by atoms with Crippen molar-refractivity contribution >= 4 is 17.6 Å². The van der Waals surface area contributed by atoms with Gasteiger partial charge in [-0.05, 0) is 19.3 Å². The largest absolute Gasteiger partial charge is 0.394 e. The number of piperidine rings is 1. The Hall–Kier alpha value is -1.56. The van der Waals surface area contributed by atoms with E-state index >= 15 is 0 Å². The van der Waals surface area contributed by atoms with Gasteiger partial charge < -0.3 is 21.1 Å². The van der Waals surface area contributed by atoms with Gasteiger partial charge in [0.05, 0.1) is 12.6 Å². The molecule has 2 heterocycles. The molecule has 0 radical (unpaired) electrons. The second kappa shape index (κ2) is 5.18. The first-order valence-corrected chi connectivity index (χ1v) is 5.94. The van der Waals surface area contributed by atoms with Crippen molar-refractivity contribution in [2.75, 3.05) is 36.1 Å². The lowest BCUT2D eigenvalue weighted by atomic mass is 10.0. The van der Waals surface area contributed by atoms with Crippen molar-refractivity contribution in [3.8, 4) is 0 Å². The summed E-state index contributed by atoms with van der Waals surface area (Å²) in [5, 5.41) is 12.3. The first-order chi connectivity index (χ1) is 8.24. The van der Waals surface area contributed by atoms with E-state index in [1.54, 1.807) is 7.05 Å². The number of hydrogen-bond donors (Lipinski definition) is 3. The molecular formula is C11H19N5O. The first kappa shape index (κ1) is 11.9. The normalized spacial score (nSPS) is 20.4. The maximum atomic E-state index is 9.39. The van der Waals surface area contributed by atoms with Crippen LogP contribution in [0.3, 0.4) is 0 Å². The van der Waals surface area contributed by atoms with Gasteiger partial charge in [-0.15, -0.1) is 0 Å². The molecule has 1 aliphatic heterocycles. The van der Waals surface area contributed by atoms with E-state index in [2.05, 4.69) is 20.2 Å². The van der Waals surface area contributed by atoms with Crippen molar-refractivity contribution in [1.82, 2.24) is 9.97 Å². The third-order valence-electron chi connectivity index (χ3n) is 3.12. The van der Waals surface area contributed by atoms with E-state index in [0.29, 0.717) is 5.82 Å². The number of nitrogens with two attached hydrogens (primary N) is 1. The molecule has 94 valence electrons. The van der Waals surface area contributed by atoms with E-state index in [1.165, 1.54) is 0 Å². The third kappa shape index (κ3) is 2.58. The summed E-state index contributed by atoms with van der Waals surface area (Å²) >= 11 is 0. The Balaban J connectivity index is 2.27. The van der Waals surface area contributed by atoms with Crippen molar-refractivity contribution in [1.29, 1.82) is 0 Å². The molecule has 0 amide bonds. The van der Waals surface area contributed by atoms with E-state index in [1.807, 2.05) is 6.07 Å². The lowest BCUT2D eigenvalue weighted by Gasteiger charge is -2.35. The van der Waals surface area contributed by atoms with Gasteiger partial charge in [0.15, 0.2) is 0 Å². The molecular weight excluding hydrogens is 218 g/mol. The van der Waals surface area contributed by atoms with Gasteiger partial charge >= 0.3 is 0 Å². The van der Waals surface area contributed by atoms with E-state index in [4.69, 9.17) is 5.73 Å². The summed E-state index contributed by atoms with van der Waals surface area (Å²) in [4.78, 5) is 10.4. The molecule has 1 aliphatic rings. The maximum Gasteiger partial charge on any atom is 0.223 e. The average molecular weight is 237 g/mol. The Morgan fingerprint density at radius 3 is 3.06 bits per heavy atom. The Morgan fingerprint density at radius 2 is 2.35 bits per heavy atom. The summed E-state index contributed by atoms with van der Waals surface area (Å²) in [6.07, 6.45) is 3.27. The second-order valence-electron chi connectivity index (χ2n) is 4.25. The van der Waals surface area contributed by atoms with Gasteiger partial charge in [0.2, 0.25) is 5.95 Å². The Kier molecular flexibility index (Phi) is 3.63. The molecule has 6 nitrogen and oxygen atoms in total. The molecule has 1 saturated heterocycles. The molecule has 0 saturated carbocycles. The fourth-order valence-electron chi connectivity index (χ4n) is 2.22. The molecule has 1 atom stereocenters. The van der Waals surface area contributed by atoms with Gasteiger partial charge in [-0.3, -0.25) is 0 Å². The number of aliphatic hydroxyl groups excluding tert-OH is 1. The topological polar surface area (TPSA) is 87.3 Å². The number of hydrogen-bond acceptors (Lipinski definition) is 6. The van der Waals surface area contributed by atoms with Crippen LogP contribution in [0.4, 0.5) is 17.6 Å². The molecule has 0 aromatic carbocycles. The standard InChI is InChI=1S/C11H19N5O/c1-13-9-6-10(15-11(12)14-9)16-5-3-2-4-8(16)7-17/h6,8,17H,2-5,7H2,1H3,(H3,12,13,14,15). The molecule has 17 heavy (non-hydrogen) atoms. The number of nitrogens with one attached hydrogen (secondary N) is 1. The van der Waals surface area contributed by atoms with Gasteiger partial charge in [-0.1, -0.05) is 0 Å². The maximum absolute atomic E-state index is 9.39. The van der Waals surface area contributed by atoms with Crippen LogP contribution in [0.2, 0.25) is 0 Å². The van der Waals surface area contributed by atoms with Crippen LogP contribution in [0.25, 0.3) is 0 Å². The molecule has 0 spiro atoms. The molecule has 0 bridgehead atoms. The number of nitrogens with zero attached hydrogens (tertiary/aromatic N) is 3. The summed E-state index contributed by atoms with van der Waals surface area (Å²) in [6, 6.07) is 2.01. The molecule has 1 aromatic rings. The molecule has 1 unspecified atom stereocenters. The number of aromatic nitrogens is 2. The van der Waals surface area contributed by atoms with Gasteiger partial charge in [-0.25, -0.2) is 0 Å². The molecule has 1 aromatic heterocycles. The Morgan fingerprint density at radius 1 is 1.53 bits per heavy atom. The van der Waals surface area contributed by atoms with E-state index in [-0.39, 0.29) is 18.6 Å². The fourth-order valence-corrected chi connectivity index (χ4v) is 2.22. The predicted molar refractivity (Wildman–Crippen MR) is 68.1 cm³/mol. The lowest BCUT2D eigenvalue weighted by molar-refractivity contribution is 0.239. The van der Waals surface area contributed by atoms with Crippen LogP contribution < -0.4 is 16.0 Å². The molecule has 1 fully saturated rings. The zero-order valence-corrected chi connectivity index (χ0v) is 10.1. The van der Waals surface area contributed by atoms with Gasteiger partial charge in [-0.2, -0.15) is 9.97 Å². The van der Waals surface area contributed by atoms with Gasteiger partial charge in [0.25, 0.3) is 0 Å². The van der Waals surface area contributed by atoms with Crippen molar-refractivity contribution < 1.29 is 5.11 Å². The minimum absolute atomic E-state index is 0.141. The molecule has 4 N–H and O–H groups in total. The third-order valence-corrected chi connectivity index (χ3v) is 3.12. The monoisotopic (exact) mass is 237 g/mol. The number of anilines is 3. The summed E-state index contributed by atoms with van der Waals surface area (Å²) < 4.78 is 0. The predicted octanol–water partition coefficient (Wildman–Crippen LogP) is 0.452. The SMILES string of the molecule is CNc1cc(N2CCCCC2CO)nc(N)n1. The Bertz CT molecular complexity index is 384. The highest BCUT2D eigenvalue weighted by Crippen LogP contribution is 2.25. The highest BCUT2D eigenvalue weighted by molar-refractivity contribution is 5.53. The zero-order chi connectivity index (χ0) is 12.3. The second-order valence-corrected chi connectivity index (χ2v) is 4.25. The summed E-state index contributed by atoms with van der Waals surface area (Å²) in [6.45, 7) is 1.06. The number of rotatable bonds is 3. The molecule has 2 rings (SSSR count). The zero-order valence-electron chi connectivity index (χ0n) is 10.1. The van der Waals surface area contributed by atoms with Gasteiger partial charge in [0.1, 0.15) is 11.6 Å². The van der Waals surface area contributed by atoms with E-state index in [9.17, 15) is 5.11 Å². The van der Waals surface area contributed by atoms with Crippen LogP contribution in [0, 0.1) is 0 Å². The van der Waals surface area contributed by atoms with Crippen LogP contribution in [0.15, 0.2) is 6.07 Å². The Labute approximate surface area is 101 Å². The minimum Gasteiger partial charge on any atom is -0.394 e. The van der Waals surface area contributed by atoms with Crippen molar-refractivity contribution in [3.05, 3.63) is 6.07 Å². The summed E-state index contributed by atoms with van der Waals surface area (Å²) in [7, 11) is 1.80. The molecule has 6 heteroatoms. The van der Waals surface area contributed by atoms with Crippen LogP contribution in [-0.4, -0.2) is 41.3 Å².